The van der Waals surface area contributed by atoms with Crippen molar-refractivity contribution in [1.29, 1.82) is 0 Å². The SMILES string of the molecule is CCOC(=O)C(O)c1c(C)cc2ccc(Cl)cc2c1-c1ccc(Cl)cc1. The Morgan fingerprint density at radius 1 is 1.08 bits per heavy atom. The Morgan fingerprint density at radius 2 is 1.73 bits per heavy atom. The number of carbonyl (C=O) groups excluding carboxylic acids is 1. The summed E-state index contributed by atoms with van der Waals surface area (Å²) < 4.78 is 5.02. The van der Waals surface area contributed by atoms with E-state index in [1.165, 1.54) is 0 Å². The van der Waals surface area contributed by atoms with Gasteiger partial charge in [0.15, 0.2) is 6.10 Å². The van der Waals surface area contributed by atoms with Crippen LogP contribution in [-0.4, -0.2) is 17.7 Å². The zero-order valence-corrected chi connectivity index (χ0v) is 15.9. The van der Waals surface area contributed by atoms with Crippen LogP contribution in [0, 0.1) is 6.92 Å². The summed E-state index contributed by atoms with van der Waals surface area (Å²) in [7, 11) is 0. The third kappa shape index (κ3) is 3.56. The van der Waals surface area contributed by atoms with Crippen LogP contribution in [0.5, 0.6) is 0 Å². The van der Waals surface area contributed by atoms with Crippen LogP contribution in [0.4, 0.5) is 0 Å². The van der Waals surface area contributed by atoms with E-state index in [9.17, 15) is 9.90 Å². The van der Waals surface area contributed by atoms with Gasteiger partial charge in [-0.2, -0.15) is 0 Å². The van der Waals surface area contributed by atoms with Gasteiger partial charge in [-0.3, -0.25) is 0 Å². The van der Waals surface area contributed by atoms with Crippen molar-refractivity contribution in [3.05, 3.63) is 69.7 Å². The first-order valence-electron chi connectivity index (χ1n) is 8.25. The smallest absolute Gasteiger partial charge is 0.339 e. The number of aryl methyl sites for hydroxylation is 1. The van der Waals surface area contributed by atoms with Gasteiger partial charge < -0.3 is 9.84 Å². The van der Waals surface area contributed by atoms with Crippen LogP contribution in [0.1, 0.15) is 24.2 Å². The number of carbonyl (C=O) groups is 1. The Hall–Kier alpha value is -2.07. The van der Waals surface area contributed by atoms with Crippen molar-refractivity contribution < 1.29 is 14.6 Å². The Kier molecular flexibility index (Phi) is 5.52. The lowest BCUT2D eigenvalue weighted by molar-refractivity contribution is -0.153. The Balaban J connectivity index is 2.35. The Morgan fingerprint density at radius 3 is 2.38 bits per heavy atom. The molecule has 0 spiro atoms. The van der Waals surface area contributed by atoms with E-state index in [2.05, 4.69) is 0 Å². The summed E-state index contributed by atoms with van der Waals surface area (Å²) in [5.74, 6) is -0.674. The predicted octanol–water partition coefficient (Wildman–Crippen LogP) is 5.72. The van der Waals surface area contributed by atoms with E-state index in [-0.39, 0.29) is 6.61 Å². The van der Waals surface area contributed by atoms with Gasteiger partial charge in [0.25, 0.3) is 0 Å². The average Bonchev–Trinajstić information content (AvgIpc) is 2.61. The number of rotatable bonds is 4. The fraction of sp³-hybridized carbons (Fsp3) is 0.190. The zero-order chi connectivity index (χ0) is 18.8. The molecule has 26 heavy (non-hydrogen) atoms. The van der Waals surface area contributed by atoms with E-state index < -0.39 is 12.1 Å². The molecular weight excluding hydrogens is 371 g/mol. The molecule has 0 aromatic heterocycles. The molecule has 5 heteroatoms. The van der Waals surface area contributed by atoms with Crippen LogP contribution in [0.2, 0.25) is 10.0 Å². The average molecular weight is 389 g/mol. The molecule has 0 fully saturated rings. The van der Waals surface area contributed by atoms with Crippen molar-refractivity contribution in [2.45, 2.75) is 20.0 Å². The molecule has 0 aliphatic carbocycles. The van der Waals surface area contributed by atoms with Crippen molar-refractivity contribution >= 4 is 39.9 Å². The van der Waals surface area contributed by atoms with Crippen LogP contribution in [0.15, 0.2) is 48.5 Å². The second-order valence-corrected chi connectivity index (χ2v) is 6.88. The lowest BCUT2D eigenvalue weighted by Gasteiger charge is -2.20. The van der Waals surface area contributed by atoms with Crippen LogP contribution in [0.3, 0.4) is 0 Å². The quantitative estimate of drug-likeness (QED) is 0.581. The first-order chi connectivity index (χ1) is 12.4. The Bertz CT molecular complexity index is 965. The third-order valence-corrected chi connectivity index (χ3v) is 4.75. The van der Waals surface area contributed by atoms with E-state index in [1.54, 1.807) is 19.1 Å². The number of aliphatic hydroxyl groups is 1. The van der Waals surface area contributed by atoms with Crippen LogP contribution >= 0.6 is 23.2 Å². The summed E-state index contributed by atoms with van der Waals surface area (Å²) in [4.78, 5) is 12.2. The van der Waals surface area contributed by atoms with Gasteiger partial charge in [-0.1, -0.05) is 47.5 Å². The summed E-state index contributed by atoms with van der Waals surface area (Å²) in [6.07, 6.45) is -1.39. The minimum absolute atomic E-state index is 0.199. The summed E-state index contributed by atoms with van der Waals surface area (Å²) in [6.45, 7) is 3.77. The largest absolute Gasteiger partial charge is 0.464 e. The van der Waals surface area contributed by atoms with Gasteiger partial charge in [-0.25, -0.2) is 4.79 Å². The predicted molar refractivity (Wildman–Crippen MR) is 106 cm³/mol. The second kappa shape index (κ2) is 7.67. The maximum Gasteiger partial charge on any atom is 0.339 e. The molecule has 0 saturated carbocycles. The van der Waals surface area contributed by atoms with Gasteiger partial charge in [0.1, 0.15) is 0 Å². The number of esters is 1. The van der Waals surface area contributed by atoms with Gasteiger partial charge in [-0.05, 0) is 65.6 Å². The fourth-order valence-electron chi connectivity index (χ4n) is 3.14. The second-order valence-electron chi connectivity index (χ2n) is 6.01. The van der Waals surface area contributed by atoms with E-state index in [0.717, 1.165) is 27.5 Å². The molecule has 1 atom stereocenters. The highest BCUT2D eigenvalue weighted by atomic mass is 35.5. The van der Waals surface area contributed by atoms with Gasteiger partial charge in [0.05, 0.1) is 6.61 Å². The van der Waals surface area contributed by atoms with Crippen molar-refractivity contribution in [3.63, 3.8) is 0 Å². The van der Waals surface area contributed by atoms with Crippen molar-refractivity contribution in [2.75, 3.05) is 6.61 Å². The summed E-state index contributed by atoms with van der Waals surface area (Å²) in [5.41, 5.74) is 2.90. The van der Waals surface area contributed by atoms with E-state index in [0.29, 0.717) is 15.6 Å². The van der Waals surface area contributed by atoms with Crippen molar-refractivity contribution in [1.82, 2.24) is 0 Å². The number of fused-ring (bicyclic) bond motifs is 1. The third-order valence-electron chi connectivity index (χ3n) is 4.27. The molecule has 3 aromatic rings. The molecule has 0 bridgehead atoms. The van der Waals surface area contributed by atoms with Gasteiger partial charge >= 0.3 is 5.97 Å². The standard InChI is InChI=1S/C21H18Cl2O3/c1-3-26-21(25)20(24)18-12(2)10-14-6-9-16(23)11-17(14)19(18)13-4-7-15(22)8-5-13/h4-11,20,24H,3H2,1-2H3. The number of benzene rings is 3. The molecule has 0 heterocycles. The molecular formula is C21H18Cl2O3. The lowest BCUT2D eigenvalue weighted by Crippen LogP contribution is -2.17. The van der Waals surface area contributed by atoms with Gasteiger partial charge in [-0.15, -0.1) is 0 Å². The summed E-state index contributed by atoms with van der Waals surface area (Å²) in [5, 5.41) is 13.7. The van der Waals surface area contributed by atoms with E-state index in [1.807, 2.05) is 43.3 Å². The first kappa shape index (κ1) is 18.7. The molecule has 134 valence electrons. The minimum atomic E-state index is -1.39. The van der Waals surface area contributed by atoms with Crippen LogP contribution < -0.4 is 0 Å². The lowest BCUT2D eigenvalue weighted by atomic mass is 9.87. The van der Waals surface area contributed by atoms with Crippen molar-refractivity contribution in [2.24, 2.45) is 0 Å². The summed E-state index contributed by atoms with van der Waals surface area (Å²) in [6, 6.07) is 14.8. The van der Waals surface area contributed by atoms with E-state index in [4.69, 9.17) is 27.9 Å². The topological polar surface area (TPSA) is 46.5 Å². The van der Waals surface area contributed by atoms with E-state index >= 15 is 0 Å². The van der Waals surface area contributed by atoms with Crippen LogP contribution in [-0.2, 0) is 9.53 Å². The Labute approximate surface area is 162 Å². The number of halogens is 2. The van der Waals surface area contributed by atoms with Crippen LogP contribution in [0.25, 0.3) is 21.9 Å². The van der Waals surface area contributed by atoms with Gasteiger partial charge in [0.2, 0.25) is 0 Å². The number of hydrogen-bond acceptors (Lipinski definition) is 3. The molecule has 3 rings (SSSR count). The van der Waals surface area contributed by atoms with Crippen molar-refractivity contribution in [3.8, 4) is 11.1 Å². The highest BCUT2D eigenvalue weighted by molar-refractivity contribution is 6.31. The molecule has 0 aliphatic rings. The summed E-state index contributed by atoms with van der Waals surface area (Å²) >= 11 is 12.2. The molecule has 1 N–H and O–H groups in total. The normalized spacial score (nSPS) is 12.2. The van der Waals surface area contributed by atoms with Gasteiger partial charge in [0, 0.05) is 15.6 Å². The molecule has 3 nitrogen and oxygen atoms in total. The minimum Gasteiger partial charge on any atom is -0.464 e. The number of hydrogen-bond donors (Lipinski definition) is 1. The highest BCUT2D eigenvalue weighted by Gasteiger charge is 2.26. The number of ether oxygens (including phenoxy) is 1. The molecule has 1 unspecified atom stereocenters. The molecule has 0 saturated heterocycles. The monoisotopic (exact) mass is 388 g/mol. The molecule has 0 amide bonds. The maximum absolute atomic E-state index is 12.2. The molecule has 0 aliphatic heterocycles. The maximum atomic E-state index is 12.2. The highest BCUT2D eigenvalue weighted by Crippen LogP contribution is 2.39. The molecule has 3 aromatic carbocycles. The molecule has 0 radical (unpaired) electrons. The zero-order valence-electron chi connectivity index (χ0n) is 14.4. The first-order valence-corrected chi connectivity index (χ1v) is 9.01. The fourth-order valence-corrected chi connectivity index (χ4v) is 3.44. The number of aliphatic hydroxyl groups excluding tert-OH is 1.